The second kappa shape index (κ2) is 12.5. The predicted molar refractivity (Wildman–Crippen MR) is 149 cm³/mol. The van der Waals surface area contributed by atoms with E-state index in [9.17, 15) is 5.11 Å². The Balaban J connectivity index is 1.73. The minimum absolute atomic E-state index is 0.0537. The quantitative estimate of drug-likeness (QED) is 0.213. The number of aliphatic hydroxyl groups excluding tert-OH is 1. The van der Waals surface area contributed by atoms with Gasteiger partial charge in [-0.1, -0.05) is 125 Å². The van der Waals surface area contributed by atoms with E-state index in [1.807, 2.05) is 31.2 Å². The first-order valence-corrected chi connectivity index (χ1v) is 14.4. The summed E-state index contributed by atoms with van der Waals surface area (Å²) in [6.45, 7) is 12.4. The first-order chi connectivity index (χ1) is 16.8. The molecule has 0 bridgehead atoms. The number of hydrogen-bond donors (Lipinski definition) is 1. The van der Waals surface area contributed by atoms with Gasteiger partial charge < -0.3 is 14.3 Å². The Hall–Kier alpha value is -2.50. The molecule has 3 aromatic rings. The third-order valence-corrected chi connectivity index (χ3v) is 11.6. The van der Waals surface area contributed by atoms with Crippen LogP contribution in [0.3, 0.4) is 0 Å². The van der Waals surface area contributed by atoms with Crippen molar-refractivity contribution >= 4 is 18.7 Å². The third-order valence-electron chi connectivity index (χ3n) is 6.62. The van der Waals surface area contributed by atoms with Gasteiger partial charge in [0.15, 0.2) is 0 Å². The largest absolute Gasteiger partial charge is 0.407 e. The Bertz CT molecular complexity index is 1000. The number of aliphatic hydroxyl groups is 1. The van der Waals surface area contributed by atoms with Gasteiger partial charge in [0.25, 0.3) is 8.32 Å². The summed E-state index contributed by atoms with van der Waals surface area (Å²) in [5.74, 6) is -0.0537. The molecule has 0 aliphatic rings. The van der Waals surface area contributed by atoms with Crippen molar-refractivity contribution in [1.82, 2.24) is 0 Å². The maximum atomic E-state index is 11.1. The Morgan fingerprint density at radius 1 is 0.857 bits per heavy atom. The topological polar surface area (TPSA) is 38.7 Å². The second-order valence-corrected chi connectivity index (χ2v) is 14.7. The van der Waals surface area contributed by atoms with Crippen LogP contribution in [0, 0.1) is 5.92 Å². The van der Waals surface area contributed by atoms with Crippen LogP contribution in [0.2, 0.25) is 5.04 Å². The molecular weight excluding hydrogens is 448 g/mol. The monoisotopic (exact) mass is 488 g/mol. The van der Waals surface area contributed by atoms with Crippen molar-refractivity contribution in [3.63, 3.8) is 0 Å². The zero-order valence-corrected chi connectivity index (χ0v) is 22.8. The van der Waals surface area contributed by atoms with E-state index >= 15 is 0 Å². The van der Waals surface area contributed by atoms with Crippen LogP contribution in [-0.4, -0.2) is 32.7 Å². The highest BCUT2D eigenvalue weighted by Gasteiger charge is 2.50. The van der Waals surface area contributed by atoms with Crippen LogP contribution in [0.15, 0.2) is 103 Å². The minimum Gasteiger partial charge on any atom is -0.407 e. The summed E-state index contributed by atoms with van der Waals surface area (Å²) in [6, 6.07) is 31.4. The summed E-state index contributed by atoms with van der Waals surface area (Å²) < 4.78 is 12.8. The lowest BCUT2D eigenvalue weighted by Gasteiger charge is -2.43. The van der Waals surface area contributed by atoms with Gasteiger partial charge in [-0.3, -0.25) is 0 Å². The Labute approximate surface area is 212 Å². The normalized spacial score (nSPS) is 14.5. The number of ether oxygens (including phenoxy) is 1. The molecule has 0 spiro atoms. The van der Waals surface area contributed by atoms with Gasteiger partial charge in [-0.15, -0.1) is 0 Å². The van der Waals surface area contributed by atoms with Gasteiger partial charge in [0, 0.05) is 12.5 Å². The number of hydrogen-bond acceptors (Lipinski definition) is 3. The Morgan fingerprint density at radius 2 is 1.34 bits per heavy atom. The van der Waals surface area contributed by atoms with Crippen molar-refractivity contribution in [2.45, 2.75) is 52.4 Å². The highest BCUT2D eigenvalue weighted by atomic mass is 28.4. The lowest BCUT2D eigenvalue weighted by molar-refractivity contribution is 0.105. The molecule has 186 valence electrons. The fraction of sp³-hybridized carbons (Fsp3) is 0.355. The molecular formula is C31H40O3Si. The lowest BCUT2D eigenvalue weighted by Crippen LogP contribution is -2.67. The highest BCUT2D eigenvalue weighted by molar-refractivity contribution is 6.99. The van der Waals surface area contributed by atoms with Gasteiger partial charge in [0.05, 0.1) is 19.3 Å². The molecule has 0 heterocycles. The molecule has 0 aromatic heterocycles. The maximum Gasteiger partial charge on any atom is 0.261 e. The molecule has 0 amide bonds. The summed E-state index contributed by atoms with van der Waals surface area (Å²) in [5, 5.41) is 13.5. The average Bonchev–Trinajstić information content (AvgIpc) is 2.87. The summed E-state index contributed by atoms with van der Waals surface area (Å²) >= 11 is 0. The van der Waals surface area contributed by atoms with E-state index in [1.165, 1.54) is 10.4 Å². The molecule has 0 fully saturated rings. The van der Waals surface area contributed by atoms with Gasteiger partial charge in [-0.2, -0.15) is 0 Å². The first-order valence-electron chi connectivity index (χ1n) is 12.5. The molecule has 0 radical (unpaired) electrons. The van der Waals surface area contributed by atoms with Crippen LogP contribution in [0.1, 0.15) is 40.2 Å². The molecule has 3 nitrogen and oxygen atoms in total. The fourth-order valence-corrected chi connectivity index (χ4v) is 9.29. The molecule has 4 heteroatoms. The van der Waals surface area contributed by atoms with E-state index in [0.29, 0.717) is 19.8 Å². The SMILES string of the molecule is C/C(=C\COCc1ccccc1)[C@@H](O)[C@H](C)CO[Si](c1ccccc1)(c1ccccc1)C(C)(C)C. The molecule has 0 aliphatic carbocycles. The van der Waals surface area contributed by atoms with Gasteiger partial charge in [0.1, 0.15) is 0 Å². The van der Waals surface area contributed by atoms with Gasteiger partial charge in [-0.05, 0) is 33.5 Å². The molecule has 2 atom stereocenters. The molecule has 1 N–H and O–H groups in total. The summed E-state index contributed by atoms with van der Waals surface area (Å²) in [4.78, 5) is 0. The molecule has 0 unspecified atom stereocenters. The van der Waals surface area contributed by atoms with Crippen molar-refractivity contribution in [1.29, 1.82) is 0 Å². The predicted octanol–water partition coefficient (Wildman–Crippen LogP) is 5.72. The van der Waals surface area contributed by atoms with Crippen LogP contribution in [0.25, 0.3) is 0 Å². The first kappa shape index (κ1) is 27.1. The Morgan fingerprint density at radius 3 is 1.83 bits per heavy atom. The summed E-state index contributed by atoms with van der Waals surface area (Å²) in [7, 11) is -2.62. The smallest absolute Gasteiger partial charge is 0.261 e. The molecule has 35 heavy (non-hydrogen) atoms. The van der Waals surface area contributed by atoms with Crippen LogP contribution in [0.4, 0.5) is 0 Å². The second-order valence-electron chi connectivity index (χ2n) is 10.3. The molecule has 0 saturated carbocycles. The van der Waals surface area contributed by atoms with Crippen molar-refractivity contribution in [2.24, 2.45) is 5.92 Å². The van der Waals surface area contributed by atoms with Gasteiger partial charge >= 0.3 is 0 Å². The van der Waals surface area contributed by atoms with Crippen molar-refractivity contribution in [3.05, 3.63) is 108 Å². The lowest BCUT2D eigenvalue weighted by atomic mass is 9.99. The zero-order valence-electron chi connectivity index (χ0n) is 21.8. The summed E-state index contributed by atoms with van der Waals surface area (Å²) in [6.07, 6.45) is 1.39. The van der Waals surface area contributed by atoms with E-state index in [0.717, 1.165) is 11.1 Å². The van der Waals surface area contributed by atoms with Crippen molar-refractivity contribution in [3.8, 4) is 0 Å². The molecule has 3 rings (SSSR count). The van der Waals surface area contributed by atoms with Gasteiger partial charge in [0.2, 0.25) is 0 Å². The zero-order chi connectivity index (χ0) is 25.3. The molecule has 0 saturated heterocycles. The number of rotatable bonds is 11. The van der Waals surface area contributed by atoms with Crippen molar-refractivity contribution in [2.75, 3.05) is 13.2 Å². The third kappa shape index (κ3) is 6.80. The van der Waals surface area contributed by atoms with Crippen LogP contribution in [0.5, 0.6) is 0 Å². The number of benzene rings is 3. The van der Waals surface area contributed by atoms with Crippen LogP contribution < -0.4 is 10.4 Å². The van der Waals surface area contributed by atoms with E-state index in [-0.39, 0.29) is 11.0 Å². The maximum absolute atomic E-state index is 11.1. The highest BCUT2D eigenvalue weighted by Crippen LogP contribution is 2.37. The Kier molecular flexibility index (Phi) is 9.64. The van der Waals surface area contributed by atoms with Crippen LogP contribution in [-0.2, 0) is 15.8 Å². The fourth-order valence-electron chi connectivity index (χ4n) is 4.62. The average molecular weight is 489 g/mol. The van der Waals surface area contributed by atoms with Gasteiger partial charge in [-0.25, -0.2) is 0 Å². The van der Waals surface area contributed by atoms with E-state index in [4.69, 9.17) is 9.16 Å². The van der Waals surface area contributed by atoms with Crippen LogP contribution >= 0.6 is 0 Å². The molecule has 0 aliphatic heterocycles. The summed E-state index contributed by atoms with van der Waals surface area (Å²) in [5.41, 5.74) is 2.06. The van der Waals surface area contributed by atoms with E-state index < -0.39 is 14.4 Å². The minimum atomic E-state index is -2.62. The standard InChI is InChI=1S/C31H40O3Si/c1-25(21-22-33-24-27-15-9-6-10-16-27)30(32)26(2)23-34-35(31(3,4)5,28-17-11-7-12-18-28)29-19-13-8-14-20-29/h6-21,26,30,32H,22-24H2,1-5H3/b25-21+/t26-,30-/m1/s1. The van der Waals surface area contributed by atoms with E-state index in [2.05, 4.69) is 100 Å². The molecule has 3 aromatic carbocycles. The van der Waals surface area contributed by atoms with Crippen molar-refractivity contribution < 1.29 is 14.3 Å². The van der Waals surface area contributed by atoms with E-state index in [1.54, 1.807) is 0 Å².